The molecule has 1 atom stereocenters. The molecule has 1 aliphatic carbocycles. The van der Waals surface area contributed by atoms with Crippen molar-refractivity contribution in [3.8, 4) is 0 Å². The fourth-order valence-electron chi connectivity index (χ4n) is 3.27. The number of hydrogen-bond donors (Lipinski definition) is 1. The van der Waals surface area contributed by atoms with Gasteiger partial charge in [-0.1, -0.05) is 49.6 Å². The van der Waals surface area contributed by atoms with Crippen LogP contribution in [-0.2, 0) is 11.2 Å². The molecule has 116 valence electrons. The Bertz CT molecular complexity index is 571. The molecular weight excluding hydrogens is 272 g/mol. The number of carbonyl (C=O) groups excluding carboxylic acids is 1. The highest BCUT2D eigenvalue weighted by Gasteiger charge is 2.23. The highest BCUT2D eigenvalue weighted by molar-refractivity contribution is 5.81. The van der Waals surface area contributed by atoms with Gasteiger partial charge >= 0.3 is 0 Å². The van der Waals surface area contributed by atoms with E-state index in [4.69, 9.17) is 0 Å². The lowest BCUT2D eigenvalue weighted by Crippen LogP contribution is -2.41. The van der Waals surface area contributed by atoms with Crippen LogP contribution < -0.4 is 5.32 Å². The van der Waals surface area contributed by atoms with Crippen LogP contribution in [0.1, 0.15) is 43.7 Å². The maximum atomic E-state index is 12.8. The second kappa shape index (κ2) is 7.30. The summed E-state index contributed by atoms with van der Waals surface area (Å²) in [5, 5.41) is 3.27. The van der Waals surface area contributed by atoms with Crippen LogP contribution in [0.15, 0.2) is 54.9 Å². The predicted molar refractivity (Wildman–Crippen MR) is 88.6 cm³/mol. The van der Waals surface area contributed by atoms with Gasteiger partial charge in [0, 0.05) is 24.9 Å². The van der Waals surface area contributed by atoms with Crippen LogP contribution in [0.2, 0.25) is 0 Å². The lowest BCUT2D eigenvalue weighted by atomic mass is 9.95. The number of amides is 1. The molecule has 2 aromatic rings. The van der Waals surface area contributed by atoms with Crippen molar-refractivity contribution in [3.63, 3.8) is 0 Å². The number of nitrogens with zero attached hydrogens (tertiary/aromatic N) is 1. The zero-order valence-electron chi connectivity index (χ0n) is 12.9. The zero-order chi connectivity index (χ0) is 15.2. The summed E-state index contributed by atoms with van der Waals surface area (Å²) in [5.74, 6) is 0.145. The lowest BCUT2D eigenvalue weighted by Gasteiger charge is -2.26. The van der Waals surface area contributed by atoms with Gasteiger partial charge in [0.15, 0.2) is 0 Å². The SMILES string of the molecule is O=C(NC1CCCCC1)C(Cc1ccccc1)n1cccc1. The normalized spacial score (nSPS) is 17.1. The highest BCUT2D eigenvalue weighted by Crippen LogP contribution is 2.20. The summed E-state index contributed by atoms with van der Waals surface area (Å²) < 4.78 is 2.02. The van der Waals surface area contributed by atoms with Crippen LogP contribution >= 0.6 is 0 Å². The predicted octanol–water partition coefficient (Wildman–Crippen LogP) is 3.72. The van der Waals surface area contributed by atoms with E-state index < -0.39 is 0 Å². The maximum absolute atomic E-state index is 12.8. The minimum absolute atomic E-state index is 0.145. The van der Waals surface area contributed by atoms with Crippen LogP contribution in [-0.4, -0.2) is 16.5 Å². The number of aromatic nitrogens is 1. The molecule has 1 aliphatic rings. The van der Waals surface area contributed by atoms with E-state index in [2.05, 4.69) is 17.4 Å². The average Bonchev–Trinajstić information content (AvgIpc) is 3.08. The zero-order valence-corrected chi connectivity index (χ0v) is 12.9. The first-order valence-electron chi connectivity index (χ1n) is 8.30. The summed E-state index contributed by atoms with van der Waals surface area (Å²) in [4.78, 5) is 12.8. The lowest BCUT2D eigenvalue weighted by molar-refractivity contribution is -0.125. The summed E-state index contributed by atoms with van der Waals surface area (Å²) in [7, 11) is 0. The van der Waals surface area contributed by atoms with Gasteiger partial charge in [0.2, 0.25) is 5.91 Å². The molecule has 1 unspecified atom stereocenters. The van der Waals surface area contributed by atoms with Gasteiger partial charge < -0.3 is 9.88 Å². The Morgan fingerprint density at radius 1 is 1.05 bits per heavy atom. The third kappa shape index (κ3) is 3.79. The Kier molecular flexibility index (Phi) is 4.94. The van der Waals surface area contributed by atoms with Gasteiger partial charge in [-0.3, -0.25) is 4.79 Å². The Labute approximate surface area is 132 Å². The monoisotopic (exact) mass is 296 g/mol. The van der Waals surface area contributed by atoms with Gasteiger partial charge in [0.25, 0.3) is 0 Å². The summed E-state index contributed by atoms with van der Waals surface area (Å²) >= 11 is 0. The van der Waals surface area contributed by atoms with Crippen molar-refractivity contribution >= 4 is 5.91 Å². The molecule has 1 amide bonds. The Hall–Kier alpha value is -2.03. The van der Waals surface area contributed by atoms with E-state index in [1.54, 1.807) is 0 Å². The van der Waals surface area contributed by atoms with Crippen molar-refractivity contribution in [2.24, 2.45) is 0 Å². The molecule has 1 aromatic carbocycles. The third-order valence-corrected chi connectivity index (χ3v) is 4.51. The smallest absolute Gasteiger partial charge is 0.243 e. The van der Waals surface area contributed by atoms with Crippen LogP contribution in [0.25, 0.3) is 0 Å². The molecular formula is C19H24N2O. The van der Waals surface area contributed by atoms with Crippen LogP contribution in [0.5, 0.6) is 0 Å². The molecule has 0 spiro atoms. The first-order chi connectivity index (χ1) is 10.8. The largest absolute Gasteiger partial charge is 0.352 e. The van der Waals surface area contributed by atoms with Crippen molar-refractivity contribution in [2.45, 2.75) is 50.6 Å². The number of nitrogens with one attached hydrogen (secondary N) is 1. The van der Waals surface area contributed by atoms with Gasteiger partial charge in [-0.05, 0) is 30.5 Å². The molecule has 1 fully saturated rings. The molecule has 3 nitrogen and oxygen atoms in total. The number of rotatable bonds is 5. The summed E-state index contributed by atoms with van der Waals surface area (Å²) in [6.45, 7) is 0. The maximum Gasteiger partial charge on any atom is 0.243 e. The van der Waals surface area contributed by atoms with E-state index >= 15 is 0 Å². The van der Waals surface area contributed by atoms with E-state index in [-0.39, 0.29) is 11.9 Å². The second-order valence-electron chi connectivity index (χ2n) is 6.18. The molecule has 22 heavy (non-hydrogen) atoms. The average molecular weight is 296 g/mol. The molecule has 1 N–H and O–H groups in total. The highest BCUT2D eigenvalue weighted by atomic mass is 16.2. The molecule has 0 bridgehead atoms. The van der Waals surface area contributed by atoms with Crippen molar-refractivity contribution < 1.29 is 4.79 Å². The molecule has 1 saturated carbocycles. The Balaban J connectivity index is 1.71. The van der Waals surface area contributed by atoms with Crippen molar-refractivity contribution in [2.75, 3.05) is 0 Å². The van der Waals surface area contributed by atoms with Gasteiger partial charge in [-0.25, -0.2) is 0 Å². The van der Waals surface area contributed by atoms with Crippen molar-refractivity contribution in [1.29, 1.82) is 0 Å². The molecule has 1 aromatic heterocycles. The van der Waals surface area contributed by atoms with Crippen molar-refractivity contribution in [3.05, 3.63) is 60.4 Å². The van der Waals surface area contributed by atoms with Crippen molar-refractivity contribution in [1.82, 2.24) is 9.88 Å². The molecule has 3 heteroatoms. The minimum Gasteiger partial charge on any atom is -0.352 e. The Morgan fingerprint density at radius 3 is 2.41 bits per heavy atom. The standard InChI is InChI=1S/C19H24N2O/c22-19(20-17-11-5-2-6-12-17)18(21-13-7-8-14-21)15-16-9-3-1-4-10-16/h1,3-4,7-10,13-14,17-18H,2,5-6,11-12,15H2,(H,20,22). The minimum atomic E-state index is -0.167. The van der Waals surface area contributed by atoms with E-state index in [0.29, 0.717) is 6.04 Å². The summed E-state index contributed by atoms with van der Waals surface area (Å²) in [6.07, 6.45) is 10.7. The topological polar surface area (TPSA) is 34.0 Å². The van der Waals surface area contributed by atoms with E-state index in [0.717, 1.165) is 19.3 Å². The molecule has 3 rings (SSSR count). The first kappa shape index (κ1) is 14.9. The summed E-state index contributed by atoms with van der Waals surface area (Å²) in [5.41, 5.74) is 1.19. The molecule has 1 heterocycles. The number of hydrogen-bond acceptors (Lipinski definition) is 1. The number of benzene rings is 1. The number of carbonyl (C=O) groups is 1. The van der Waals surface area contributed by atoms with E-state index in [9.17, 15) is 4.79 Å². The second-order valence-corrected chi connectivity index (χ2v) is 6.18. The van der Waals surface area contributed by atoms with E-state index in [1.807, 2.05) is 47.3 Å². The quantitative estimate of drug-likeness (QED) is 0.896. The van der Waals surface area contributed by atoms with E-state index in [1.165, 1.54) is 24.8 Å². The fraction of sp³-hybridized carbons (Fsp3) is 0.421. The van der Waals surface area contributed by atoms with Gasteiger partial charge in [0.05, 0.1) is 0 Å². The Morgan fingerprint density at radius 2 is 1.73 bits per heavy atom. The van der Waals surface area contributed by atoms with Crippen LogP contribution in [0.4, 0.5) is 0 Å². The van der Waals surface area contributed by atoms with Gasteiger partial charge in [0.1, 0.15) is 6.04 Å². The molecule has 0 saturated heterocycles. The van der Waals surface area contributed by atoms with Crippen LogP contribution in [0.3, 0.4) is 0 Å². The first-order valence-corrected chi connectivity index (χ1v) is 8.30. The third-order valence-electron chi connectivity index (χ3n) is 4.51. The van der Waals surface area contributed by atoms with Gasteiger partial charge in [-0.2, -0.15) is 0 Å². The molecule has 0 radical (unpaired) electrons. The summed E-state index contributed by atoms with van der Waals surface area (Å²) in [6, 6.07) is 14.4. The molecule has 0 aliphatic heterocycles. The van der Waals surface area contributed by atoms with Gasteiger partial charge in [-0.15, -0.1) is 0 Å². The van der Waals surface area contributed by atoms with Crippen LogP contribution in [0, 0.1) is 0 Å². The fourth-order valence-corrected chi connectivity index (χ4v) is 3.27.